The molecule has 2 unspecified atom stereocenters. The van der Waals surface area contributed by atoms with Gasteiger partial charge in [-0.15, -0.1) is 0 Å². The van der Waals surface area contributed by atoms with Gasteiger partial charge in [-0.05, 0) is 96.4 Å². The highest BCUT2D eigenvalue weighted by atomic mass is 16.5. The Kier molecular flexibility index (Phi) is 42.4. The Morgan fingerprint density at radius 1 is 0.526 bits per heavy atom. The molecule has 0 aromatic carbocycles. The van der Waals surface area contributed by atoms with Gasteiger partial charge in [0.25, 0.3) is 0 Å². The van der Waals surface area contributed by atoms with Crippen LogP contribution in [0.2, 0.25) is 0 Å². The monoisotopic (exact) mass is 799 g/mol. The van der Waals surface area contributed by atoms with Crippen molar-refractivity contribution in [3.05, 3.63) is 48.6 Å². The summed E-state index contributed by atoms with van der Waals surface area (Å²) < 4.78 is 6.04. The number of rotatable bonds is 43. The van der Waals surface area contributed by atoms with Crippen molar-refractivity contribution >= 4 is 17.8 Å². The Balaban J connectivity index is 4.10. The summed E-state index contributed by atoms with van der Waals surface area (Å²) >= 11 is 0. The van der Waals surface area contributed by atoms with Gasteiger partial charge in [-0.1, -0.05) is 178 Å². The van der Waals surface area contributed by atoms with E-state index >= 15 is 0 Å². The zero-order valence-electron chi connectivity index (χ0n) is 37.2. The summed E-state index contributed by atoms with van der Waals surface area (Å²) in [6.45, 7) is 4.83. The van der Waals surface area contributed by atoms with Crippen LogP contribution >= 0.6 is 0 Å². The molecule has 1 amide bonds. The Morgan fingerprint density at radius 2 is 0.965 bits per heavy atom. The predicted molar refractivity (Wildman–Crippen MR) is 243 cm³/mol. The molecule has 0 bridgehead atoms. The lowest BCUT2D eigenvalue weighted by Gasteiger charge is -2.18. The molecule has 0 aliphatic rings. The molecule has 0 radical (unpaired) electrons. The van der Waals surface area contributed by atoms with Crippen molar-refractivity contribution < 1.29 is 24.2 Å². The number of amides is 1. The molecule has 0 spiro atoms. The third kappa shape index (κ3) is 41.3. The molecule has 0 aliphatic carbocycles. The number of carboxylic acid groups (broad SMARTS) is 1. The first-order valence-corrected chi connectivity index (χ1v) is 24.0. The third-order valence-corrected chi connectivity index (χ3v) is 10.7. The number of ether oxygens (including phenoxy) is 1. The van der Waals surface area contributed by atoms with Gasteiger partial charge in [0, 0.05) is 12.8 Å². The number of unbranched alkanes of at least 4 members (excludes halogenated alkanes) is 21. The maximum atomic E-state index is 12.8. The Bertz CT molecular complexity index is 1040. The lowest BCUT2D eigenvalue weighted by Crippen LogP contribution is -2.40. The number of carbonyl (C=O) groups is 3. The fourth-order valence-electron chi connectivity index (χ4n) is 7.09. The van der Waals surface area contributed by atoms with Crippen LogP contribution < -0.4 is 11.1 Å². The van der Waals surface area contributed by atoms with E-state index in [0.717, 1.165) is 89.9 Å². The topological polar surface area (TPSA) is 119 Å². The van der Waals surface area contributed by atoms with Crippen LogP contribution in [0.15, 0.2) is 48.6 Å². The number of carboxylic acids is 1. The van der Waals surface area contributed by atoms with E-state index in [1.807, 2.05) is 0 Å². The number of carbonyl (C=O) groups excluding carboxylic acids is 2. The largest absolute Gasteiger partial charge is 0.480 e. The Morgan fingerprint density at radius 3 is 1.46 bits per heavy atom. The summed E-state index contributed by atoms with van der Waals surface area (Å²) in [4.78, 5) is 36.4. The van der Waals surface area contributed by atoms with E-state index in [2.05, 4.69) is 67.8 Å². The Labute approximate surface area is 351 Å². The number of allylic oxidation sites excluding steroid dienone is 8. The molecule has 7 heteroatoms. The van der Waals surface area contributed by atoms with Crippen LogP contribution in [0.5, 0.6) is 0 Å². The van der Waals surface area contributed by atoms with Crippen molar-refractivity contribution in [1.29, 1.82) is 0 Å². The van der Waals surface area contributed by atoms with E-state index < -0.39 is 12.0 Å². The molecule has 0 saturated heterocycles. The molecule has 2 atom stereocenters. The second kappa shape index (κ2) is 44.4. The quantitative estimate of drug-likeness (QED) is 0.0321. The maximum Gasteiger partial charge on any atom is 0.326 e. The van der Waals surface area contributed by atoms with Gasteiger partial charge in [-0.3, -0.25) is 9.59 Å². The number of nitrogens with two attached hydrogens (primary N) is 1. The van der Waals surface area contributed by atoms with Crippen LogP contribution in [-0.4, -0.2) is 41.6 Å². The van der Waals surface area contributed by atoms with Crippen molar-refractivity contribution in [3.8, 4) is 0 Å². The van der Waals surface area contributed by atoms with Gasteiger partial charge in [-0.2, -0.15) is 0 Å². The smallest absolute Gasteiger partial charge is 0.326 e. The second-order valence-electron chi connectivity index (χ2n) is 16.1. The van der Waals surface area contributed by atoms with Crippen LogP contribution in [0.1, 0.15) is 232 Å². The first-order valence-electron chi connectivity index (χ1n) is 24.0. The van der Waals surface area contributed by atoms with Gasteiger partial charge in [0.2, 0.25) is 5.91 Å². The average molecular weight is 799 g/mol. The minimum Gasteiger partial charge on any atom is -0.480 e. The molecule has 330 valence electrons. The number of hydrogen-bond acceptors (Lipinski definition) is 5. The van der Waals surface area contributed by atoms with Crippen LogP contribution in [0, 0.1) is 0 Å². The SMILES string of the molecule is CC/C=C\C/C=C\C/C=C\C/C=C\CCCCCCCCCCCCC(=O)OC(CCCCCCCCCC)CCCCCCCC(=O)NC(CCCN)C(=O)O. The fraction of sp³-hybridized carbons (Fsp3) is 0.780. The molecule has 4 N–H and O–H groups in total. The normalized spacial score (nSPS) is 13.0. The van der Waals surface area contributed by atoms with Crippen LogP contribution in [0.25, 0.3) is 0 Å². The van der Waals surface area contributed by atoms with Crippen molar-refractivity contribution in [2.75, 3.05) is 6.54 Å². The highest BCUT2D eigenvalue weighted by molar-refractivity contribution is 5.83. The van der Waals surface area contributed by atoms with Crippen LogP contribution in [0.3, 0.4) is 0 Å². The van der Waals surface area contributed by atoms with Gasteiger partial charge < -0.3 is 20.9 Å². The molecule has 0 rings (SSSR count). The minimum absolute atomic E-state index is 0.0127. The number of aliphatic carboxylic acids is 1. The van der Waals surface area contributed by atoms with E-state index in [9.17, 15) is 19.5 Å². The summed E-state index contributed by atoms with van der Waals surface area (Å²) in [5.74, 6) is -1.23. The molecule has 57 heavy (non-hydrogen) atoms. The number of esters is 1. The summed E-state index contributed by atoms with van der Waals surface area (Å²) in [5.41, 5.74) is 5.49. The van der Waals surface area contributed by atoms with Gasteiger partial charge in [-0.25, -0.2) is 4.79 Å². The number of hydrogen-bond donors (Lipinski definition) is 3. The molecule has 0 aliphatic heterocycles. The fourth-order valence-corrected chi connectivity index (χ4v) is 7.09. The van der Waals surface area contributed by atoms with E-state index in [1.165, 1.54) is 103 Å². The third-order valence-electron chi connectivity index (χ3n) is 10.7. The summed E-state index contributed by atoms with van der Waals surface area (Å²) in [5, 5.41) is 11.9. The molecule has 0 heterocycles. The van der Waals surface area contributed by atoms with Crippen molar-refractivity contribution in [2.24, 2.45) is 5.73 Å². The lowest BCUT2D eigenvalue weighted by molar-refractivity contribution is -0.150. The summed E-state index contributed by atoms with van der Waals surface area (Å²) in [6, 6.07) is -0.856. The van der Waals surface area contributed by atoms with Crippen molar-refractivity contribution in [3.63, 3.8) is 0 Å². The van der Waals surface area contributed by atoms with E-state index in [1.54, 1.807) is 0 Å². The molecular weight excluding hydrogens is 709 g/mol. The Hall–Kier alpha value is -2.67. The van der Waals surface area contributed by atoms with Crippen molar-refractivity contribution in [2.45, 2.75) is 244 Å². The zero-order valence-corrected chi connectivity index (χ0v) is 37.2. The average Bonchev–Trinajstić information content (AvgIpc) is 3.20. The summed E-state index contributed by atoms with van der Waals surface area (Å²) in [7, 11) is 0. The van der Waals surface area contributed by atoms with Gasteiger partial charge in [0.05, 0.1) is 0 Å². The van der Waals surface area contributed by atoms with Gasteiger partial charge >= 0.3 is 11.9 Å². The molecule has 0 aromatic heterocycles. The highest BCUT2D eigenvalue weighted by Gasteiger charge is 2.19. The van der Waals surface area contributed by atoms with Crippen molar-refractivity contribution in [1.82, 2.24) is 5.32 Å². The second-order valence-corrected chi connectivity index (χ2v) is 16.1. The lowest BCUT2D eigenvalue weighted by atomic mass is 10.0. The molecule has 0 fully saturated rings. The summed E-state index contributed by atoms with van der Waals surface area (Å²) in [6.07, 6.45) is 54.6. The van der Waals surface area contributed by atoms with Gasteiger partial charge in [0.1, 0.15) is 12.1 Å². The van der Waals surface area contributed by atoms with E-state index in [4.69, 9.17) is 10.5 Å². The highest BCUT2D eigenvalue weighted by Crippen LogP contribution is 2.19. The molecule has 0 aromatic rings. The first kappa shape index (κ1) is 54.3. The van der Waals surface area contributed by atoms with E-state index in [-0.39, 0.29) is 18.0 Å². The maximum absolute atomic E-state index is 12.8. The zero-order chi connectivity index (χ0) is 41.7. The molecular formula is C50H90N2O5. The predicted octanol–water partition coefficient (Wildman–Crippen LogP) is 14.0. The molecule has 7 nitrogen and oxygen atoms in total. The minimum atomic E-state index is -1.00. The first-order chi connectivity index (χ1) is 27.9. The number of nitrogens with one attached hydrogen (secondary N) is 1. The van der Waals surface area contributed by atoms with Gasteiger partial charge in [0.15, 0.2) is 0 Å². The standard InChI is InChI=1S/C50H90N2O5/c1-3-5-7-9-11-13-14-15-16-17-18-19-20-21-22-23-24-25-26-27-29-34-38-44-49(54)57-46(40-35-31-28-12-10-8-6-4-2)41-36-32-30-33-37-43-48(53)52-47(50(55)56)42-39-45-51/h5,7,11,13,15-16,18-19,46-47H,3-4,6,8-10,12,14,17,20-45,51H2,1-2H3,(H,52,53)(H,55,56)/b7-5-,13-11-,16-15-,19-18-. The van der Waals surface area contributed by atoms with Crippen LogP contribution in [0.4, 0.5) is 0 Å². The van der Waals surface area contributed by atoms with E-state index in [0.29, 0.717) is 32.2 Å². The molecule has 0 saturated carbocycles. The van der Waals surface area contributed by atoms with Crippen LogP contribution in [-0.2, 0) is 19.1 Å².